The second-order valence-electron chi connectivity index (χ2n) is 6.41. The highest BCUT2D eigenvalue weighted by atomic mass is 16.5. The standard InChI is InChI=1S/C21H19N5O4/c1-29-17-10-8-15(12-18(17)30-2)22-20(27)13-25-21(28)26-19(24-25)11-9-16(23-26)14-6-4-3-5-7-14/h3-12H,13H2,1-2H3,(H,22,27). The lowest BCUT2D eigenvalue weighted by atomic mass is 10.1. The summed E-state index contributed by atoms with van der Waals surface area (Å²) in [5.74, 6) is 0.626. The lowest BCUT2D eigenvalue weighted by molar-refractivity contribution is -0.117. The minimum atomic E-state index is -0.495. The third kappa shape index (κ3) is 3.72. The molecular formula is C21H19N5O4. The van der Waals surface area contributed by atoms with Gasteiger partial charge in [0, 0.05) is 17.3 Å². The number of methoxy groups -OCH3 is 2. The minimum absolute atomic E-state index is 0.253. The number of nitrogens with zero attached hydrogens (tertiary/aromatic N) is 4. The van der Waals surface area contributed by atoms with Crippen molar-refractivity contribution < 1.29 is 14.3 Å². The molecule has 0 aliphatic heterocycles. The van der Waals surface area contributed by atoms with E-state index >= 15 is 0 Å². The molecule has 0 atom stereocenters. The molecule has 0 saturated carbocycles. The van der Waals surface area contributed by atoms with Gasteiger partial charge in [-0.1, -0.05) is 30.3 Å². The summed E-state index contributed by atoms with van der Waals surface area (Å²) in [6.45, 7) is -0.253. The molecule has 0 unspecified atom stereocenters. The van der Waals surface area contributed by atoms with E-state index in [0.29, 0.717) is 28.5 Å². The molecule has 0 radical (unpaired) electrons. The molecule has 152 valence electrons. The molecule has 1 N–H and O–H groups in total. The van der Waals surface area contributed by atoms with Crippen molar-refractivity contribution in [3.63, 3.8) is 0 Å². The number of aromatic nitrogens is 4. The summed E-state index contributed by atoms with van der Waals surface area (Å²) in [5, 5.41) is 11.3. The van der Waals surface area contributed by atoms with Gasteiger partial charge >= 0.3 is 5.69 Å². The Hall–Kier alpha value is -4.14. The maximum atomic E-state index is 12.7. The molecule has 4 rings (SSSR count). The number of hydrogen-bond donors (Lipinski definition) is 1. The summed E-state index contributed by atoms with van der Waals surface area (Å²) in [6.07, 6.45) is 0. The molecule has 0 aliphatic rings. The lowest BCUT2D eigenvalue weighted by Crippen LogP contribution is -2.28. The molecule has 30 heavy (non-hydrogen) atoms. The summed E-state index contributed by atoms with van der Waals surface area (Å²) in [4.78, 5) is 25.1. The topological polar surface area (TPSA) is 99.7 Å². The molecule has 0 aliphatic carbocycles. The number of carbonyl (C=O) groups excluding carboxylic acids is 1. The molecular weight excluding hydrogens is 386 g/mol. The Bertz CT molecular complexity index is 1260. The quantitative estimate of drug-likeness (QED) is 0.528. The second-order valence-corrected chi connectivity index (χ2v) is 6.41. The number of amides is 1. The average molecular weight is 405 g/mol. The molecule has 0 saturated heterocycles. The normalized spacial score (nSPS) is 10.7. The van der Waals surface area contributed by atoms with Crippen molar-refractivity contribution in [2.24, 2.45) is 0 Å². The maximum Gasteiger partial charge on any atom is 0.367 e. The van der Waals surface area contributed by atoms with Gasteiger partial charge in [-0.05, 0) is 24.3 Å². The fourth-order valence-electron chi connectivity index (χ4n) is 3.02. The number of carbonyl (C=O) groups is 1. The average Bonchev–Trinajstić information content (AvgIpc) is 3.08. The van der Waals surface area contributed by atoms with E-state index in [2.05, 4.69) is 15.5 Å². The smallest absolute Gasteiger partial charge is 0.367 e. The van der Waals surface area contributed by atoms with E-state index in [1.54, 1.807) is 30.3 Å². The van der Waals surface area contributed by atoms with E-state index in [9.17, 15) is 9.59 Å². The van der Waals surface area contributed by atoms with E-state index < -0.39 is 11.6 Å². The van der Waals surface area contributed by atoms with Crippen molar-refractivity contribution in [1.82, 2.24) is 19.4 Å². The fourth-order valence-corrected chi connectivity index (χ4v) is 3.02. The molecule has 9 heteroatoms. The van der Waals surface area contributed by atoms with Gasteiger partial charge in [0.2, 0.25) is 5.91 Å². The van der Waals surface area contributed by atoms with Crippen molar-refractivity contribution >= 4 is 17.2 Å². The van der Waals surface area contributed by atoms with Crippen molar-refractivity contribution in [2.45, 2.75) is 6.54 Å². The highest BCUT2D eigenvalue weighted by Gasteiger charge is 2.14. The van der Waals surface area contributed by atoms with Crippen molar-refractivity contribution in [3.05, 3.63) is 71.1 Å². The molecule has 9 nitrogen and oxygen atoms in total. The van der Waals surface area contributed by atoms with E-state index in [-0.39, 0.29) is 6.54 Å². The first-order valence-electron chi connectivity index (χ1n) is 9.13. The van der Waals surface area contributed by atoms with Gasteiger partial charge in [-0.2, -0.15) is 9.61 Å². The molecule has 2 aromatic heterocycles. The van der Waals surface area contributed by atoms with Crippen LogP contribution in [-0.2, 0) is 11.3 Å². The Kier molecular flexibility index (Phi) is 5.17. The second kappa shape index (κ2) is 8.08. The van der Waals surface area contributed by atoms with Gasteiger partial charge < -0.3 is 14.8 Å². The SMILES string of the molecule is COc1ccc(NC(=O)Cn2nc3ccc(-c4ccccc4)nn3c2=O)cc1OC. The monoisotopic (exact) mass is 405 g/mol. The minimum Gasteiger partial charge on any atom is -0.493 e. The third-order valence-electron chi connectivity index (χ3n) is 4.47. The maximum absolute atomic E-state index is 12.7. The van der Waals surface area contributed by atoms with Crippen LogP contribution in [0.5, 0.6) is 11.5 Å². The van der Waals surface area contributed by atoms with E-state index in [1.807, 2.05) is 30.3 Å². The molecule has 4 aromatic rings. The first-order chi connectivity index (χ1) is 14.6. The molecule has 0 spiro atoms. The number of nitrogens with one attached hydrogen (secondary N) is 1. The van der Waals surface area contributed by atoms with Gasteiger partial charge in [0.15, 0.2) is 17.1 Å². The zero-order chi connectivity index (χ0) is 21.1. The molecule has 2 heterocycles. The number of rotatable bonds is 6. The first-order valence-corrected chi connectivity index (χ1v) is 9.13. The predicted octanol–water partition coefficient (Wildman–Crippen LogP) is 2.21. The van der Waals surface area contributed by atoms with Gasteiger partial charge in [0.1, 0.15) is 6.54 Å². The molecule has 0 fully saturated rings. The van der Waals surface area contributed by atoms with Crippen LogP contribution in [0.3, 0.4) is 0 Å². The zero-order valence-corrected chi connectivity index (χ0v) is 16.4. The number of benzene rings is 2. The van der Waals surface area contributed by atoms with Crippen molar-refractivity contribution in [1.29, 1.82) is 0 Å². The summed E-state index contributed by atoms with van der Waals surface area (Å²) < 4.78 is 12.7. The van der Waals surface area contributed by atoms with Crippen LogP contribution in [0.2, 0.25) is 0 Å². The van der Waals surface area contributed by atoms with Crippen LogP contribution in [0.1, 0.15) is 0 Å². The Balaban J connectivity index is 1.56. The highest BCUT2D eigenvalue weighted by Crippen LogP contribution is 2.29. The van der Waals surface area contributed by atoms with Gasteiger partial charge in [-0.15, -0.1) is 5.10 Å². The number of ether oxygens (including phenoxy) is 2. The first kappa shape index (κ1) is 19.2. The third-order valence-corrected chi connectivity index (χ3v) is 4.47. The van der Waals surface area contributed by atoms with Crippen LogP contribution in [0, 0.1) is 0 Å². The van der Waals surface area contributed by atoms with Gasteiger partial charge in [0.25, 0.3) is 0 Å². The Morgan fingerprint density at radius 1 is 0.967 bits per heavy atom. The lowest BCUT2D eigenvalue weighted by Gasteiger charge is -2.10. The molecule has 0 bridgehead atoms. The summed E-state index contributed by atoms with van der Waals surface area (Å²) in [5.41, 5.74) is 1.90. The van der Waals surface area contributed by atoms with Crippen LogP contribution in [0.25, 0.3) is 16.9 Å². The number of anilines is 1. The van der Waals surface area contributed by atoms with E-state index in [0.717, 1.165) is 10.2 Å². The fraction of sp³-hybridized carbons (Fsp3) is 0.143. The van der Waals surface area contributed by atoms with Crippen LogP contribution >= 0.6 is 0 Å². The van der Waals surface area contributed by atoms with Crippen molar-refractivity contribution in [3.8, 4) is 22.8 Å². The van der Waals surface area contributed by atoms with E-state index in [4.69, 9.17) is 9.47 Å². The Labute approximate surface area is 171 Å². The van der Waals surface area contributed by atoms with Gasteiger partial charge in [-0.25, -0.2) is 9.48 Å². The number of hydrogen-bond acceptors (Lipinski definition) is 6. The summed E-state index contributed by atoms with van der Waals surface area (Å²) >= 11 is 0. The van der Waals surface area contributed by atoms with Crippen LogP contribution < -0.4 is 20.5 Å². The predicted molar refractivity (Wildman–Crippen MR) is 111 cm³/mol. The summed E-state index contributed by atoms with van der Waals surface area (Å²) in [7, 11) is 3.04. The Morgan fingerprint density at radius 2 is 1.73 bits per heavy atom. The van der Waals surface area contributed by atoms with Crippen LogP contribution in [-0.4, -0.2) is 39.5 Å². The molecule has 2 aromatic carbocycles. The van der Waals surface area contributed by atoms with Crippen LogP contribution in [0.4, 0.5) is 5.69 Å². The molecule has 1 amide bonds. The zero-order valence-electron chi connectivity index (χ0n) is 16.4. The highest BCUT2D eigenvalue weighted by molar-refractivity contribution is 5.90. The number of fused-ring (bicyclic) bond motifs is 1. The Morgan fingerprint density at radius 3 is 2.47 bits per heavy atom. The van der Waals surface area contributed by atoms with Gasteiger partial charge in [-0.3, -0.25) is 4.79 Å². The van der Waals surface area contributed by atoms with Crippen molar-refractivity contribution in [2.75, 3.05) is 19.5 Å². The van der Waals surface area contributed by atoms with Crippen LogP contribution in [0.15, 0.2) is 65.5 Å². The summed E-state index contributed by atoms with van der Waals surface area (Å²) in [6, 6.07) is 18.0. The van der Waals surface area contributed by atoms with E-state index in [1.165, 1.54) is 18.7 Å². The largest absolute Gasteiger partial charge is 0.493 e. The van der Waals surface area contributed by atoms with Gasteiger partial charge in [0.05, 0.1) is 19.9 Å².